The van der Waals surface area contributed by atoms with E-state index in [0.717, 1.165) is 37.5 Å². The summed E-state index contributed by atoms with van der Waals surface area (Å²) in [5.74, 6) is 1.14. The first-order chi connectivity index (χ1) is 8.77. The number of nitrogens with one attached hydrogen (secondary N) is 2. The summed E-state index contributed by atoms with van der Waals surface area (Å²) in [6.07, 6.45) is 3.33. The molecule has 0 amide bonds. The van der Waals surface area contributed by atoms with E-state index in [-0.39, 0.29) is 0 Å². The monoisotopic (exact) mass is 248 g/mol. The largest absolute Gasteiger partial charge is 0.508 e. The lowest BCUT2D eigenvalue weighted by molar-refractivity contribution is 0.367. The van der Waals surface area contributed by atoms with Crippen LogP contribution in [0.15, 0.2) is 24.3 Å². The van der Waals surface area contributed by atoms with Crippen molar-refractivity contribution in [2.24, 2.45) is 5.92 Å². The predicted molar refractivity (Wildman–Crippen MR) is 74.9 cm³/mol. The zero-order valence-electron chi connectivity index (χ0n) is 11.2. The zero-order valence-corrected chi connectivity index (χ0v) is 11.2. The van der Waals surface area contributed by atoms with Gasteiger partial charge in [-0.15, -0.1) is 0 Å². The molecule has 1 fully saturated rings. The lowest BCUT2D eigenvalue weighted by Gasteiger charge is -2.22. The molecule has 2 atom stereocenters. The molecule has 0 aliphatic carbocycles. The molecule has 3 nitrogen and oxygen atoms in total. The number of phenols is 1. The van der Waals surface area contributed by atoms with Crippen LogP contribution >= 0.6 is 0 Å². The van der Waals surface area contributed by atoms with E-state index in [0.29, 0.717) is 11.8 Å². The van der Waals surface area contributed by atoms with Crippen LogP contribution in [0, 0.1) is 5.92 Å². The van der Waals surface area contributed by atoms with Gasteiger partial charge in [-0.05, 0) is 56.4 Å². The number of hydrogen-bond donors (Lipinski definition) is 3. The molecule has 1 aliphatic rings. The molecule has 1 heterocycles. The van der Waals surface area contributed by atoms with Crippen LogP contribution in [0.1, 0.15) is 25.3 Å². The molecule has 1 aliphatic heterocycles. The molecule has 2 unspecified atom stereocenters. The Balaban J connectivity index is 1.79. The Morgan fingerprint density at radius 3 is 2.89 bits per heavy atom. The number of para-hydroxylation sites is 1. The minimum Gasteiger partial charge on any atom is -0.508 e. The maximum atomic E-state index is 9.71. The van der Waals surface area contributed by atoms with E-state index in [1.807, 2.05) is 18.2 Å². The van der Waals surface area contributed by atoms with Gasteiger partial charge in [0.2, 0.25) is 0 Å². The quantitative estimate of drug-likeness (QED) is 0.762. The Bertz CT molecular complexity index is 367. The fourth-order valence-corrected chi connectivity index (χ4v) is 2.62. The third kappa shape index (κ3) is 3.72. The molecule has 18 heavy (non-hydrogen) atoms. The van der Waals surface area contributed by atoms with Crippen molar-refractivity contribution in [2.75, 3.05) is 19.6 Å². The third-order valence-corrected chi connectivity index (χ3v) is 3.89. The van der Waals surface area contributed by atoms with Crippen molar-refractivity contribution < 1.29 is 5.11 Å². The van der Waals surface area contributed by atoms with Crippen molar-refractivity contribution in [2.45, 2.75) is 32.2 Å². The highest BCUT2D eigenvalue weighted by Crippen LogP contribution is 2.17. The summed E-state index contributed by atoms with van der Waals surface area (Å²) in [5.41, 5.74) is 1.03. The van der Waals surface area contributed by atoms with Crippen molar-refractivity contribution in [3.63, 3.8) is 0 Å². The van der Waals surface area contributed by atoms with Crippen LogP contribution in [-0.4, -0.2) is 30.8 Å². The van der Waals surface area contributed by atoms with E-state index in [9.17, 15) is 5.11 Å². The van der Waals surface area contributed by atoms with Crippen LogP contribution in [0.5, 0.6) is 5.75 Å². The van der Waals surface area contributed by atoms with E-state index in [4.69, 9.17) is 0 Å². The molecule has 1 aromatic carbocycles. The first kappa shape index (κ1) is 13.4. The maximum Gasteiger partial charge on any atom is 0.118 e. The molecule has 0 saturated carbocycles. The highest BCUT2D eigenvalue weighted by atomic mass is 16.3. The molecule has 0 bridgehead atoms. The van der Waals surface area contributed by atoms with Gasteiger partial charge in [0.15, 0.2) is 0 Å². The minimum atomic E-state index is 0.412. The molecule has 1 aromatic rings. The number of benzene rings is 1. The molecule has 100 valence electrons. The summed E-state index contributed by atoms with van der Waals surface area (Å²) in [6, 6.07) is 8.20. The Kier molecular flexibility index (Phi) is 5.02. The Morgan fingerprint density at radius 2 is 2.06 bits per heavy atom. The lowest BCUT2D eigenvalue weighted by atomic mass is 9.97. The Hall–Kier alpha value is -1.06. The molecule has 3 heteroatoms. The summed E-state index contributed by atoms with van der Waals surface area (Å²) >= 11 is 0. The van der Waals surface area contributed by atoms with Crippen molar-refractivity contribution >= 4 is 0 Å². The molecular formula is C15H24N2O. The van der Waals surface area contributed by atoms with E-state index >= 15 is 0 Å². The molecular weight excluding hydrogens is 224 g/mol. The summed E-state index contributed by atoms with van der Waals surface area (Å²) in [6.45, 7) is 5.51. The molecule has 0 spiro atoms. The second-order valence-corrected chi connectivity index (χ2v) is 5.24. The normalized spacial score (nSPS) is 24.7. The van der Waals surface area contributed by atoms with Gasteiger partial charge in [0.05, 0.1) is 0 Å². The number of aromatic hydroxyl groups is 1. The molecule has 1 saturated heterocycles. The first-order valence-corrected chi connectivity index (χ1v) is 6.98. The first-order valence-electron chi connectivity index (χ1n) is 6.98. The van der Waals surface area contributed by atoms with E-state index in [2.05, 4.69) is 17.6 Å². The summed E-state index contributed by atoms with van der Waals surface area (Å²) in [7, 11) is 0. The van der Waals surface area contributed by atoms with Gasteiger partial charge in [0.1, 0.15) is 5.75 Å². The smallest absolute Gasteiger partial charge is 0.118 e. The predicted octanol–water partition coefficient (Wildman–Crippen LogP) is 1.91. The summed E-state index contributed by atoms with van der Waals surface area (Å²) in [4.78, 5) is 0. The van der Waals surface area contributed by atoms with Gasteiger partial charge in [-0.1, -0.05) is 25.1 Å². The van der Waals surface area contributed by atoms with Crippen molar-refractivity contribution in [1.29, 1.82) is 0 Å². The standard InChI is InChI=1S/C15H24N2O/c1-12-6-9-16-10-8-14(12)17-11-7-13-4-2-3-5-15(13)18/h2-5,12,14,16-18H,6-11H2,1H3. The number of hydrogen-bond acceptors (Lipinski definition) is 3. The highest BCUT2D eigenvalue weighted by Gasteiger charge is 2.18. The average molecular weight is 248 g/mol. The second kappa shape index (κ2) is 6.76. The Labute approximate surface area is 110 Å². The fraction of sp³-hybridized carbons (Fsp3) is 0.600. The van der Waals surface area contributed by atoms with Crippen LogP contribution in [0.25, 0.3) is 0 Å². The van der Waals surface area contributed by atoms with Crippen molar-refractivity contribution in [3.05, 3.63) is 29.8 Å². The van der Waals surface area contributed by atoms with E-state index in [1.165, 1.54) is 12.8 Å². The minimum absolute atomic E-state index is 0.412. The van der Waals surface area contributed by atoms with Gasteiger partial charge < -0.3 is 15.7 Å². The van der Waals surface area contributed by atoms with E-state index in [1.54, 1.807) is 6.07 Å². The van der Waals surface area contributed by atoms with Crippen LogP contribution in [0.4, 0.5) is 0 Å². The SMILES string of the molecule is CC1CCNCCC1NCCc1ccccc1O. The van der Waals surface area contributed by atoms with Crippen LogP contribution in [0.2, 0.25) is 0 Å². The number of rotatable bonds is 4. The van der Waals surface area contributed by atoms with Crippen LogP contribution < -0.4 is 10.6 Å². The van der Waals surface area contributed by atoms with Gasteiger partial charge in [-0.25, -0.2) is 0 Å². The molecule has 2 rings (SSSR count). The van der Waals surface area contributed by atoms with Crippen molar-refractivity contribution in [3.8, 4) is 5.75 Å². The summed E-state index contributed by atoms with van der Waals surface area (Å²) < 4.78 is 0. The van der Waals surface area contributed by atoms with Crippen molar-refractivity contribution in [1.82, 2.24) is 10.6 Å². The van der Waals surface area contributed by atoms with E-state index < -0.39 is 0 Å². The highest BCUT2D eigenvalue weighted by molar-refractivity contribution is 5.31. The zero-order chi connectivity index (χ0) is 12.8. The topological polar surface area (TPSA) is 44.3 Å². The van der Waals surface area contributed by atoms with Crippen LogP contribution in [-0.2, 0) is 6.42 Å². The van der Waals surface area contributed by atoms with Crippen LogP contribution in [0.3, 0.4) is 0 Å². The van der Waals surface area contributed by atoms with Gasteiger partial charge >= 0.3 is 0 Å². The van der Waals surface area contributed by atoms with Gasteiger partial charge in [-0.3, -0.25) is 0 Å². The molecule has 0 aromatic heterocycles. The maximum absolute atomic E-state index is 9.71. The lowest BCUT2D eigenvalue weighted by Crippen LogP contribution is -2.36. The van der Waals surface area contributed by atoms with Gasteiger partial charge in [-0.2, -0.15) is 0 Å². The fourth-order valence-electron chi connectivity index (χ4n) is 2.62. The second-order valence-electron chi connectivity index (χ2n) is 5.24. The molecule has 3 N–H and O–H groups in total. The van der Waals surface area contributed by atoms with Gasteiger partial charge in [0.25, 0.3) is 0 Å². The third-order valence-electron chi connectivity index (χ3n) is 3.89. The Morgan fingerprint density at radius 1 is 1.28 bits per heavy atom. The van der Waals surface area contributed by atoms with Gasteiger partial charge in [0, 0.05) is 6.04 Å². The summed E-state index contributed by atoms with van der Waals surface area (Å²) in [5, 5.41) is 16.8. The average Bonchev–Trinajstić information content (AvgIpc) is 2.57. The molecule has 0 radical (unpaired) electrons. The number of phenolic OH excluding ortho intramolecular Hbond substituents is 1.